The molecule has 0 aliphatic heterocycles. The maximum atomic E-state index is 5.74. The molecule has 0 saturated heterocycles. The molecule has 0 radical (unpaired) electrons. The van der Waals surface area contributed by atoms with E-state index >= 15 is 0 Å². The monoisotopic (exact) mass is 268 g/mol. The number of nitrogen functional groups attached to an aromatic ring is 1. The quantitative estimate of drug-likeness (QED) is 0.771. The number of nitrogens with two attached hydrogens (primary N) is 1. The first-order valence-corrected chi connectivity index (χ1v) is 6.14. The number of hydrogen-bond acceptors (Lipinski definition) is 7. The van der Waals surface area contributed by atoms with Gasteiger partial charge in [-0.15, -0.1) is 0 Å². The summed E-state index contributed by atoms with van der Waals surface area (Å²) in [6, 6.07) is 3.86. The van der Waals surface area contributed by atoms with Crippen LogP contribution in [0.25, 0.3) is 23.1 Å². The topological polar surface area (TPSA) is 104 Å². The number of aryl methyl sites for hydroxylation is 1. The van der Waals surface area contributed by atoms with E-state index in [1.165, 1.54) is 12.4 Å². The van der Waals surface area contributed by atoms with Crippen LogP contribution in [0, 0.1) is 0 Å². The molecule has 0 amide bonds. The highest BCUT2D eigenvalue weighted by atomic mass is 16.5. The second kappa shape index (κ2) is 5.04. The summed E-state index contributed by atoms with van der Waals surface area (Å²) in [6.45, 7) is 2.04. The Morgan fingerprint density at radius 2 is 1.90 bits per heavy atom. The Balaban J connectivity index is 2.05. The third kappa shape index (κ3) is 2.09. The van der Waals surface area contributed by atoms with Crippen molar-refractivity contribution in [2.24, 2.45) is 0 Å². The summed E-state index contributed by atoms with van der Waals surface area (Å²) in [5.74, 6) is 0.903. The van der Waals surface area contributed by atoms with E-state index in [2.05, 4.69) is 25.1 Å². The molecule has 2 N–H and O–H groups in total. The van der Waals surface area contributed by atoms with Crippen LogP contribution in [-0.2, 0) is 6.42 Å². The zero-order chi connectivity index (χ0) is 13.9. The molecule has 3 aromatic heterocycles. The molecule has 0 unspecified atom stereocenters. The van der Waals surface area contributed by atoms with E-state index in [1.54, 1.807) is 6.20 Å². The van der Waals surface area contributed by atoms with Crippen LogP contribution in [-0.4, -0.2) is 25.1 Å². The van der Waals surface area contributed by atoms with Gasteiger partial charge in [-0.3, -0.25) is 4.98 Å². The second-order valence-electron chi connectivity index (χ2n) is 4.08. The highest BCUT2D eigenvalue weighted by Gasteiger charge is 2.17. The van der Waals surface area contributed by atoms with Gasteiger partial charge in [0.25, 0.3) is 5.89 Å². The summed E-state index contributed by atoms with van der Waals surface area (Å²) in [6.07, 6.45) is 5.55. The molecule has 7 nitrogen and oxygen atoms in total. The van der Waals surface area contributed by atoms with Gasteiger partial charge in [0.1, 0.15) is 5.69 Å². The maximum Gasteiger partial charge on any atom is 0.280 e. The normalized spacial score (nSPS) is 10.7. The second-order valence-corrected chi connectivity index (χ2v) is 4.08. The molecular weight excluding hydrogens is 256 g/mol. The Kier molecular flexibility index (Phi) is 3.08. The van der Waals surface area contributed by atoms with E-state index in [-0.39, 0.29) is 11.7 Å². The molecule has 0 bridgehead atoms. The van der Waals surface area contributed by atoms with Gasteiger partial charge in [0.2, 0.25) is 5.82 Å². The molecule has 7 heteroatoms. The molecular formula is C13H12N6O. The van der Waals surface area contributed by atoms with E-state index in [0.717, 1.165) is 12.0 Å². The van der Waals surface area contributed by atoms with Crippen LogP contribution in [0.5, 0.6) is 0 Å². The van der Waals surface area contributed by atoms with Gasteiger partial charge >= 0.3 is 0 Å². The summed E-state index contributed by atoms with van der Waals surface area (Å²) in [4.78, 5) is 16.6. The molecule has 0 spiro atoms. The minimum Gasteiger partial charge on any atom is -0.382 e. The van der Waals surface area contributed by atoms with Crippen LogP contribution in [0.1, 0.15) is 12.5 Å². The average Bonchev–Trinajstić information content (AvgIpc) is 2.97. The first kappa shape index (κ1) is 12.2. The smallest absolute Gasteiger partial charge is 0.280 e. The van der Waals surface area contributed by atoms with E-state index in [4.69, 9.17) is 10.3 Å². The van der Waals surface area contributed by atoms with Crippen LogP contribution in [0.4, 0.5) is 5.82 Å². The molecule has 3 heterocycles. The van der Waals surface area contributed by atoms with Gasteiger partial charge in [-0.05, 0) is 18.1 Å². The fourth-order valence-corrected chi connectivity index (χ4v) is 1.85. The van der Waals surface area contributed by atoms with Crippen LogP contribution >= 0.6 is 0 Å². The Labute approximate surface area is 114 Å². The van der Waals surface area contributed by atoms with Crippen molar-refractivity contribution in [3.63, 3.8) is 0 Å². The molecule has 0 fully saturated rings. The van der Waals surface area contributed by atoms with Crippen molar-refractivity contribution >= 4 is 5.82 Å². The van der Waals surface area contributed by atoms with E-state index in [9.17, 15) is 0 Å². The van der Waals surface area contributed by atoms with Crippen LogP contribution in [0.2, 0.25) is 0 Å². The number of anilines is 1. The van der Waals surface area contributed by atoms with Gasteiger partial charge in [-0.25, -0.2) is 9.97 Å². The molecule has 0 aromatic carbocycles. The highest BCUT2D eigenvalue weighted by molar-refractivity contribution is 5.64. The summed E-state index contributed by atoms with van der Waals surface area (Å²) >= 11 is 0. The Bertz CT molecular complexity index is 739. The number of rotatable bonds is 3. The van der Waals surface area contributed by atoms with Crippen molar-refractivity contribution in [3.8, 4) is 23.1 Å². The fraction of sp³-hybridized carbons (Fsp3) is 0.154. The van der Waals surface area contributed by atoms with Crippen molar-refractivity contribution in [2.45, 2.75) is 13.3 Å². The summed E-state index contributed by atoms with van der Waals surface area (Å²) < 4.78 is 5.20. The van der Waals surface area contributed by atoms with Crippen molar-refractivity contribution in [2.75, 3.05) is 5.73 Å². The Morgan fingerprint density at radius 1 is 1.10 bits per heavy atom. The maximum absolute atomic E-state index is 5.74. The molecule has 20 heavy (non-hydrogen) atoms. The zero-order valence-corrected chi connectivity index (χ0v) is 10.8. The van der Waals surface area contributed by atoms with E-state index in [1.807, 2.05) is 19.1 Å². The Morgan fingerprint density at radius 3 is 2.70 bits per heavy atom. The molecule has 0 atom stereocenters. The van der Waals surface area contributed by atoms with Crippen molar-refractivity contribution < 1.29 is 4.52 Å². The van der Waals surface area contributed by atoms with Gasteiger partial charge < -0.3 is 10.3 Å². The summed E-state index contributed by atoms with van der Waals surface area (Å²) in [7, 11) is 0. The predicted molar refractivity (Wildman–Crippen MR) is 72.3 cm³/mol. The fourth-order valence-electron chi connectivity index (χ4n) is 1.85. The standard InChI is InChI=1S/C13H12N6O/c1-2-8-4-3-5-15-9(8)12-18-13(20-19-12)10-11(14)17-7-6-16-10/h3-7H,2H2,1H3,(H2,14,17). The van der Waals surface area contributed by atoms with Gasteiger partial charge in [-0.1, -0.05) is 18.1 Å². The first-order valence-electron chi connectivity index (χ1n) is 6.14. The molecule has 3 aromatic rings. The van der Waals surface area contributed by atoms with Gasteiger partial charge in [-0.2, -0.15) is 4.98 Å². The lowest BCUT2D eigenvalue weighted by atomic mass is 10.1. The molecule has 0 aliphatic rings. The van der Waals surface area contributed by atoms with Crippen LogP contribution < -0.4 is 5.73 Å². The molecule has 100 valence electrons. The largest absolute Gasteiger partial charge is 0.382 e. The number of pyridine rings is 1. The van der Waals surface area contributed by atoms with Crippen molar-refractivity contribution in [3.05, 3.63) is 36.3 Å². The number of nitrogens with zero attached hydrogens (tertiary/aromatic N) is 5. The third-order valence-corrected chi connectivity index (χ3v) is 2.84. The van der Waals surface area contributed by atoms with Gasteiger partial charge in [0.15, 0.2) is 11.5 Å². The lowest BCUT2D eigenvalue weighted by molar-refractivity contribution is 0.431. The van der Waals surface area contributed by atoms with Gasteiger partial charge in [0, 0.05) is 18.6 Å². The summed E-state index contributed by atoms with van der Waals surface area (Å²) in [5, 5.41) is 3.94. The SMILES string of the molecule is CCc1cccnc1-c1noc(-c2nccnc2N)n1. The zero-order valence-electron chi connectivity index (χ0n) is 10.8. The highest BCUT2D eigenvalue weighted by Crippen LogP contribution is 2.24. The lowest BCUT2D eigenvalue weighted by Gasteiger charge is -2.00. The lowest BCUT2D eigenvalue weighted by Crippen LogP contribution is -1.96. The first-order chi connectivity index (χ1) is 9.79. The van der Waals surface area contributed by atoms with Crippen molar-refractivity contribution in [1.29, 1.82) is 0 Å². The predicted octanol–water partition coefficient (Wildman–Crippen LogP) is 1.73. The average molecular weight is 268 g/mol. The van der Waals surface area contributed by atoms with E-state index in [0.29, 0.717) is 17.2 Å². The minimum absolute atomic E-state index is 0.235. The molecule has 0 aliphatic carbocycles. The minimum atomic E-state index is 0.235. The van der Waals surface area contributed by atoms with Gasteiger partial charge in [0.05, 0.1) is 0 Å². The number of aromatic nitrogens is 5. The number of hydrogen-bond donors (Lipinski definition) is 1. The van der Waals surface area contributed by atoms with Crippen LogP contribution in [0.15, 0.2) is 35.2 Å². The van der Waals surface area contributed by atoms with Crippen molar-refractivity contribution in [1.82, 2.24) is 25.1 Å². The molecule has 3 rings (SSSR count). The molecule has 0 saturated carbocycles. The Hall–Kier alpha value is -2.83. The van der Waals surface area contributed by atoms with E-state index < -0.39 is 0 Å². The summed E-state index contributed by atoms with van der Waals surface area (Å²) in [5.41, 5.74) is 7.86. The third-order valence-electron chi connectivity index (χ3n) is 2.84. The van der Waals surface area contributed by atoms with Crippen LogP contribution in [0.3, 0.4) is 0 Å².